The van der Waals surface area contributed by atoms with Crippen LogP contribution in [0.2, 0.25) is 0 Å². The molecule has 0 saturated heterocycles. The summed E-state index contributed by atoms with van der Waals surface area (Å²) in [6.07, 6.45) is 4.54. The molecule has 0 aromatic rings. The second-order valence-corrected chi connectivity index (χ2v) is 5.06. The maximum atomic E-state index is 11.5. The van der Waals surface area contributed by atoms with E-state index in [1.165, 1.54) is 0 Å². The lowest BCUT2D eigenvalue weighted by molar-refractivity contribution is -0.120. The van der Waals surface area contributed by atoms with Gasteiger partial charge in [0.25, 0.3) is 0 Å². The van der Waals surface area contributed by atoms with Crippen molar-refractivity contribution in [2.75, 3.05) is 19.7 Å². The molecule has 0 bridgehead atoms. The Bertz CT molecular complexity index is 208. The highest BCUT2D eigenvalue weighted by atomic mass is 16.5. The third-order valence-corrected chi connectivity index (χ3v) is 2.61. The lowest BCUT2D eigenvalue weighted by atomic mass is 10.2. The lowest BCUT2D eigenvalue weighted by Crippen LogP contribution is -2.39. The molecule has 1 amide bonds. The SMILES string of the molecule is CCCC(C)NC(=O)CNCCCCOC(C)C. The fourth-order valence-corrected chi connectivity index (χ4v) is 1.70. The highest BCUT2D eigenvalue weighted by Gasteiger charge is 2.05. The highest BCUT2D eigenvalue weighted by Crippen LogP contribution is 1.94. The molecule has 1 unspecified atom stereocenters. The van der Waals surface area contributed by atoms with Crippen LogP contribution in [0.3, 0.4) is 0 Å². The zero-order chi connectivity index (χ0) is 13.8. The summed E-state index contributed by atoms with van der Waals surface area (Å²) in [5, 5.41) is 6.12. The van der Waals surface area contributed by atoms with Gasteiger partial charge >= 0.3 is 0 Å². The number of amides is 1. The number of carbonyl (C=O) groups excluding carboxylic acids is 1. The molecule has 108 valence electrons. The molecular weight excluding hydrogens is 228 g/mol. The minimum Gasteiger partial charge on any atom is -0.379 e. The molecule has 4 heteroatoms. The lowest BCUT2D eigenvalue weighted by Gasteiger charge is -2.13. The summed E-state index contributed by atoms with van der Waals surface area (Å²) < 4.78 is 5.44. The molecule has 4 nitrogen and oxygen atoms in total. The van der Waals surface area contributed by atoms with Gasteiger partial charge in [0, 0.05) is 12.6 Å². The van der Waals surface area contributed by atoms with Gasteiger partial charge in [-0.05, 0) is 46.6 Å². The fraction of sp³-hybridized carbons (Fsp3) is 0.929. The zero-order valence-electron chi connectivity index (χ0n) is 12.4. The maximum absolute atomic E-state index is 11.5. The first-order valence-electron chi connectivity index (χ1n) is 7.18. The molecule has 0 aliphatic rings. The summed E-state index contributed by atoms with van der Waals surface area (Å²) in [6.45, 7) is 10.3. The molecule has 0 radical (unpaired) electrons. The molecule has 2 N–H and O–H groups in total. The van der Waals surface area contributed by atoms with Gasteiger partial charge in [0.2, 0.25) is 5.91 Å². The first kappa shape index (κ1) is 17.4. The third-order valence-electron chi connectivity index (χ3n) is 2.61. The molecule has 0 aliphatic heterocycles. The summed E-state index contributed by atoms with van der Waals surface area (Å²) in [7, 11) is 0. The normalized spacial score (nSPS) is 12.7. The average Bonchev–Trinajstić information content (AvgIpc) is 2.27. The van der Waals surface area contributed by atoms with E-state index < -0.39 is 0 Å². The minimum atomic E-state index is 0.0920. The predicted octanol–water partition coefficient (Wildman–Crippen LogP) is 2.09. The second-order valence-electron chi connectivity index (χ2n) is 5.06. The van der Waals surface area contributed by atoms with Gasteiger partial charge in [-0.15, -0.1) is 0 Å². The molecule has 0 aliphatic carbocycles. The van der Waals surface area contributed by atoms with E-state index in [1.54, 1.807) is 0 Å². The van der Waals surface area contributed by atoms with Crippen LogP contribution in [0.4, 0.5) is 0 Å². The summed E-state index contributed by atoms with van der Waals surface area (Å²) in [4.78, 5) is 11.5. The van der Waals surface area contributed by atoms with Crippen molar-refractivity contribution >= 4 is 5.91 Å². The van der Waals surface area contributed by atoms with Crippen LogP contribution >= 0.6 is 0 Å². The van der Waals surface area contributed by atoms with Gasteiger partial charge < -0.3 is 15.4 Å². The van der Waals surface area contributed by atoms with Gasteiger partial charge in [-0.1, -0.05) is 13.3 Å². The predicted molar refractivity (Wildman–Crippen MR) is 75.7 cm³/mol. The summed E-state index contributed by atoms with van der Waals surface area (Å²) in [5.74, 6) is 0.0920. The van der Waals surface area contributed by atoms with E-state index in [4.69, 9.17) is 4.74 Å². The Kier molecular flexibility index (Phi) is 11.1. The standard InChI is InChI=1S/C14H30N2O2/c1-5-8-13(4)16-14(17)11-15-9-6-7-10-18-12(2)3/h12-13,15H,5-11H2,1-4H3,(H,16,17). The van der Waals surface area contributed by atoms with Crippen molar-refractivity contribution < 1.29 is 9.53 Å². The van der Waals surface area contributed by atoms with E-state index in [1.807, 2.05) is 20.8 Å². The number of carbonyl (C=O) groups is 1. The Hall–Kier alpha value is -0.610. The van der Waals surface area contributed by atoms with Crippen molar-refractivity contribution in [3.05, 3.63) is 0 Å². The molecule has 0 rings (SSSR count). The number of hydrogen-bond acceptors (Lipinski definition) is 3. The Morgan fingerprint density at radius 3 is 2.56 bits per heavy atom. The smallest absolute Gasteiger partial charge is 0.234 e. The van der Waals surface area contributed by atoms with Crippen LogP contribution in [0, 0.1) is 0 Å². The molecule has 18 heavy (non-hydrogen) atoms. The number of nitrogens with one attached hydrogen (secondary N) is 2. The van der Waals surface area contributed by atoms with Crippen LogP contribution in [-0.4, -0.2) is 37.7 Å². The topological polar surface area (TPSA) is 50.4 Å². The highest BCUT2D eigenvalue weighted by molar-refractivity contribution is 5.78. The van der Waals surface area contributed by atoms with Crippen LogP contribution in [0.25, 0.3) is 0 Å². The Morgan fingerprint density at radius 2 is 1.94 bits per heavy atom. The molecule has 0 aromatic heterocycles. The molecule has 0 aromatic carbocycles. The molecule has 1 atom stereocenters. The Morgan fingerprint density at radius 1 is 1.22 bits per heavy atom. The second kappa shape index (κ2) is 11.5. The molecule has 0 fully saturated rings. The number of hydrogen-bond donors (Lipinski definition) is 2. The summed E-state index contributed by atoms with van der Waals surface area (Å²) >= 11 is 0. The number of rotatable bonds is 11. The van der Waals surface area contributed by atoms with Gasteiger partial charge in [-0.3, -0.25) is 4.79 Å². The van der Waals surface area contributed by atoms with Crippen LogP contribution in [0.1, 0.15) is 53.4 Å². The van der Waals surface area contributed by atoms with Crippen LogP contribution in [-0.2, 0) is 9.53 Å². The molecular formula is C14H30N2O2. The average molecular weight is 258 g/mol. The fourth-order valence-electron chi connectivity index (χ4n) is 1.70. The van der Waals surface area contributed by atoms with Crippen molar-refractivity contribution in [1.82, 2.24) is 10.6 Å². The molecule has 0 heterocycles. The van der Waals surface area contributed by atoms with Crippen LogP contribution in [0.5, 0.6) is 0 Å². The molecule has 0 saturated carbocycles. The van der Waals surface area contributed by atoms with E-state index in [9.17, 15) is 4.79 Å². The number of unbranched alkanes of at least 4 members (excludes halogenated alkanes) is 1. The largest absolute Gasteiger partial charge is 0.379 e. The van der Waals surface area contributed by atoms with Crippen molar-refractivity contribution in [2.24, 2.45) is 0 Å². The van der Waals surface area contributed by atoms with Crippen LogP contribution in [0.15, 0.2) is 0 Å². The van der Waals surface area contributed by atoms with Gasteiger partial charge in [-0.2, -0.15) is 0 Å². The van der Waals surface area contributed by atoms with E-state index in [2.05, 4.69) is 17.6 Å². The van der Waals surface area contributed by atoms with Gasteiger partial charge in [0.1, 0.15) is 0 Å². The zero-order valence-corrected chi connectivity index (χ0v) is 12.4. The Labute approximate surface area is 112 Å². The van der Waals surface area contributed by atoms with Gasteiger partial charge in [0.05, 0.1) is 12.6 Å². The van der Waals surface area contributed by atoms with Crippen molar-refractivity contribution in [3.63, 3.8) is 0 Å². The maximum Gasteiger partial charge on any atom is 0.234 e. The first-order chi connectivity index (χ1) is 8.56. The third kappa shape index (κ3) is 11.9. The van der Waals surface area contributed by atoms with E-state index >= 15 is 0 Å². The van der Waals surface area contributed by atoms with E-state index in [0.717, 1.165) is 38.8 Å². The van der Waals surface area contributed by atoms with Crippen molar-refractivity contribution in [3.8, 4) is 0 Å². The van der Waals surface area contributed by atoms with Gasteiger partial charge in [-0.25, -0.2) is 0 Å². The Balaban J connectivity index is 3.30. The minimum absolute atomic E-state index is 0.0920. The number of ether oxygens (including phenoxy) is 1. The quantitative estimate of drug-likeness (QED) is 0.558. The summed E-state index contributed by atoms with van der Waals surface area (Å²) in [5.41, 5.74) is 0. The van der Waals surface area contributed by atoms with Crippen LogP contribution < -0.4 is 10.6 Å². The van der Waals surface area contributed by atoms with E-state index in [-0.39, 0.29) is 11.9 Å². The monoisotopic (exact) mass is 258 g/mol. The van der Waals surface area contributed by atoms with Crippen molar-refractivity contribution in [2.45, 2.75) is 65.5 Å². The van der Waals surface area contributed by atoms with E-state index in [0.29, 0.717) is 12.6 Å². The molecule has 0 spiro atoms. The first-order valence-corrected chi connectivity index (χ1v) is 7.18. The summed E-state index contributed by atoms with van der Waals surface area (Å²) in [6, 6.07) is 0.281. The van der Waals surface area contributed by atoms with Gasteiger partial charge in [0.15, 0.2) is 0 Å². The van der Waals surface area contributed by atoms with Crippen molar-refractivity contribution in [1.29, 1.82) is 0 Å².